The molecule has 74 valence electrons. The molecule has 0 atom stereocenters. The summed E-state index contributed by atoms with van der Waals surface area (Å²) in [5, 5.41) is 0. The highest BCUT2D eigenvalue weighted by molar-refractivity contribution is 5.85. The normalized spacial score (nSPS) is 7.23. The number of carbonyl (C=O) groups excluding carboxylic acids is 1. The van der Waals surface area contributed by atoms with Crippen molar-refractivity contribution in [2.45, 2.75) is 0 Å². The largest absolute Gasteiger partial charge is 0.468 e. The molecule has 0 saturated carbocycles. The Morgan fingerprint density at radius 2 is 1.46 bits per heavy atom. The van der Waals surface area contributed by atoms with Gasteiger partial charge in [-0.2, -0.15) is 0 Å². The van der Waals surface area contributed by atoms with Crippen LogP contribution in [0.4, 0.5) is 0 Å². The highest BCUT2D eigenvalue weighted by atomic mass is 35.5. The van der Waals surface area contributed by atoms with Crippen molar-refractivity contribution in [3.63, 3.8) is 0 Å². The first-order valence-corrected chi connectivity index (χ1v) is 3.58. The van der Waals surface area contributed by atoms with Crippen molar-refractivity contribution in [3.05, 3.63) is 36.4 Å². The summed E-state index contributed by atoms with van der Waals surface area (Å²) < 4.78 is 4.14. The van der Waals surface area contributed by atoms with Crippen molar-refractivity contribution in [2.75, 3.05) is 13.7 Å². The monoisotopic (exact) mass is 203 g/mol. The first-order chi connectivity index (χ1) is 5.81. The average molecular weight is 204 g/mol. The Morgan fingerprint density at radius 1 is 1.15 bits per heavy atom. The van der Waals surface area contributed by atoms with Gasteiger partial charge in [0.1, 0.15) is 0 Å². The van der Waals surface area contributed by atoms with Crippen LogP contribution in [0.5, 0.6) is 0 Å². The fourth-order valence-electron chi connectivity index (χ4n) is 0.468. The molecule has 0 heterocycles. The van der Waals surface area contributed by atoms with Crippen molar-refractivity contribution < 1.29 is 9.53 Å². The zero-order chi connectivity index (χ0) is 9.23. The van der Waals surface area contributed by atoms with Crippen LogP contribution in [0.2, 0.25) is 0 Å². The Morgan fingerprint density at radius 3 is 1.54 bits per heavy atom. The molecule has 1 aromatic rings. The van der Waals surface area contributed by atoms with Crippen molar-refractivity contribution >= 4 is 18.4 Å². The van der Waals surface area contributed by atoms with E-state index in [0.717, 1.165) is 0 Å². The molecule has 13 heavy (non-hydrogen) atoms. The summed E-state index contributed by atoms with van der Waals surface area (Å²) in [5.74, 6) is -0.380. The number of esters is 1. The molecule has 0 aliphatic rings. The molecule has 0 spiro atoms. The number of methoxy groups -OCH3 is 1. The van der Waals surface area contributed by atoms with Gasteiger partial charge in [-0.25, -0.2) is 0 Å². The minimum Gasteiger partial charge on any atom is -0.468 e. The van der Waals surface area contributed by atoms with Gasteiger partial charge in [0.2, 0.25) is 0 Å². The van der Waals surface area contributed by atoms with Gasteiger partial charge in [0.05, 0.1) is 13.7 Å². The first-order valence-electron chi connectivity index (χ1n) is 3.58. The molecule has 2 N–H and O–H groups in total. The Kier molecular flexibility index (Phi) is 12.2. The molecule has 0 bridgehead atoms. The van der Waals surface area contributed by atoms with Crippen LogP contribution in [-0.2, 0) is 9.53 Å². The minimum atomic E-state index is -0.380. The van der Waals surface area contributed by atoms with E-state index in [-0.39, 0.29) is 24.9 Å². The maximum atomic E-state index is 9.83. The zero-order valence-corrected chi connectivity index (χ0v) is 8.29. The first kappa shape index (κ1) is 14.5. The van der Waals surface area contributed by atoms with Crippen molar-refractivity contribution in [1.29, 1.82) is 0 Å². The van der Waals surface area contributed by atoms with E-state index in [2.05, 4.69) is 4.74 Å². The quantitative estimate of drug-likeness (QED) is 0.699. The van der Waals surface area contributed by atoms with Crippen molar-refractivity contribution in [3.8, 4) is 0 Å². The number of nitrogens with two attached hydrogens (primary N) is 1. The number of ether oxygens (including phenoxy) is 1. The van der Waals surface area contributed by atoms with Crippen LogP contribution >= 0.6 is 12.4 Å². The Bertz CT molecular complexity index is 171. The third kappa shape index (κ3) is 10.9. The molecule has 0 unspecified atom stereocenters. The van der Waals surface area contributed by atoms with Gasteiger partial charge in [0, 0.05) is 0 Å². The lowest BCUT2D eigenvalue weighted by molar-refractivity contribution is -0.138. The second kappa shape index (κ2) is 10.9. The maximum absolute atomic E-state index is 9.83. The van der Waals surface area contributed by atoms with E-state index in [1.807, 2.05) is 36.4 Å². The van der Waals surface area contributed by atoms with Crippen LogP contribution in [0.1, 0.15) is 0 Å². The van der Waals surface area contributed by atoms with Crippen molar-refractivity contribution in [2.24, 2.45) is 5.73 Å². The third-order valence-corrected chi connectivity index (χ3v) is 1.06. The molecule has 1 aromatic carbocycles. The van der Waals surface area contributed by atoms with Gasteiger partial charge in [-0.15, -0.1) is 12.4 Å². The highest BCUT2D eigenvalue weighted by Crippen LogP contribution is 1.79. The lowest BCUT2D eigenvalue weighted by atomic mass is 10.4. The van der Waals surface area contributed by atoms with E-state index < -0.39 is 0 Å². The summed E-state index contributed by atoms with van der Waals surface area (Å²) in [4.78, 5) is 9.83. The van der Waals surface area contributed by atoms with Gasteiger partial charge < -0.3 is 10.5 Å². The van der Waals surface area contributed by atoms with Crippen molar-refractivity contribution in [1.82, 2.24) is 0 Å². The molecular formula is C9H14ClNO2. The van der Waals surface area contributed by atoms with E-state index in [1.54, 1.807) is 0 Å². The van der Waals surface area contributed by atoms with E-state index in [1.165, 1.54) is 7.11 Å². The Hall–Kier alpha value is -1.06. The topological polar surface area (TPSA) is 52.3 Å². The van der Waals surface area contributed by atoms with E-state index >= 15 is 0 Å². The van der Waals surface area contributed by atoms with Gasteiger partial charge in [-0.05, 0) is 0 Å². The standard InChI is InChI=1S/C6H6.C3H7NO2.ClH/c1-2-4-6-5-3-1;1-6-3(5)2-4;/h1-6H;2,4H2,1H3;1H. The summed E-state index contributed by atoms with van der Waals surface area (Å²) in [7, 11) is 1.30. The number of rotatable bonds is 1. The van der Waals surface area contributed by atoms with Gasteiger partial charge in [0.25, 0.3) is 0 Å². The van der Waals surface area contributed by atoms with Gasteiger partial charge in [0.15, 0.2) is 0 Å². The van der Waals surface area contributed by atoms with E-state index in [9.17, 15) is 4.79 Å². The molecular weight excluding hydrogens is 190 g/mol. The van der Waals surface area contributed by atoms with Crippen LogP contribution in [0, 0.1) is 0 Å². The third-order valence-electron chi connectivity index (χ3n) is 1.06. The van der Waals surface area contributed by atoms with Crippen LogP contribution in [0.15, 0.2) is 36.4 Å². The van der Waals surface area contributed by atoms with Crippen LogP contribution < -0.4 is 5.73 Å². The van der Waals surface area contributed by atoms with Crippen LogP contribution in [0.3, 0.4) is 0 Å². The maximum Gasteiger partial charge on any atom is 0.319 e. The predicted octanol–water partition coefficient (Wildman–Crippen LogP) is 1.23. The number of carbonyl (C=O) groups is 1. The Balaban J connectivity index is 0. The number of hydrogen-bond acceptors (Lipinski definition) is 3. The lowest BCUT2D eigenvalue weighted by Crippen LogP contribution is -2.14. The van der Waals surface area contributed by atoms with E-state index in [0.29, 0.717) is 0 Å². The minimum absolute atomic E-state index is 0. The SMILES string of the molecule is COC(=O)CN.Cl.c1ccccc1. The molecule has 0 aliphatic carbocycles. The summed E-state index contributed by atoms with van der Waals surface area (Å²) in [6.07, 6.45) is 0. The van der Waals surface area contributed by atoms with Gasteiger partial charge in [-0.1, -0.05) is 36.4 Å². The fraction of sp³-hybridized carbons (Fsp3) is 0.222. The lowest BCUT2D eigenvalue weighted by Gasteiger charge is -1.87. The summed E-state index contributed by atoms with van der Waals surface area (Å²) in [6, 6.07) is 12.0. The smallest absolute Gasteiger partial charge is 0.319 e. The predicted molar refractivity (Wildman–Crippen MR) is 54.8 cm³/mol. The van der Waals surface area contributed by atoms with Crippen LogP contribution in [-0.4, -0.2) is 19.6 Å². The molecule has 0 aromatic heterocycles. The Labute approximate surface area is 84.3 Å². The molecule has 4 heteroatoms. The molecule has 0 fully saturated rings. The molecule has 1 rings (SSSR count). The number of benzene rings is 1. The number of hydrogen-bond donors (Lipinski definition) is 1. The molecule has 0 aliphatic heterocycles. The summed E-state index contributed by atoms with van der Waals surface area (Å²) in [5.41, 5.74) is 4.81. The highest BCUT2D eigenvalue weighted by Gasteiger charge is 1.87. The summed E-state index contributed by atoms with van der Waals surface area (Å²) in [6.45, 7) is -0.0312. The van der Waals surface area contributed by atoms with E-state index in [4.69, 9.17) is 5.73 Å². The fourth-order valence-corrected chi connectivity index (χ4v) is 0.468. The summed E-state index contributed by atoms with van der Waals surface area (Å²) >= 11 is 0. The second-order valence-electron chi connectivity index (χ2n) is 1.93. The van der Waals surface area contributed by atoms with Gasteiger partial charge in [-0.3, -0.25) is 4.79 Å². The molecule has 0 radical (unpaired) electrons. The zero-order valence-electron chi connectivity index (χ0n) is 7.47. The number of halogens is 1. The molecule has 0 saturated heterocycles. The average Bonchev–Trinajstić information content (AvgIpc) is 2.20. The van der Waals surface area contributed by atoms with Crippen LogP contribution in [0.25, 0.3) is 0 Å². The molecule has 3 nitrogen and oxygen atoms in total. The second-order valence-corrected chi connectivity index (χ2v) is 1.93. The van der Waals surface area contributed by atoms with Gasteiger partial charge >= 0.3 is 5.97 Å². The molecule has 0 amide bonds.